The van der Waals surface area contributed by atoms with Gasteiger partial charge in [0, 0.05) is 0 Å². The van der Waals surface area contributed by atoms with Crippen LogP contribution in [0.25, 0.3) is 16.7 Å². The van der Waals surface area contributed by atoms with Crippen LogP contribution in [0.5, 0.6) is 0 Å². The van der Waals surface area contributed by atoms with Crippen molar-refractivity contribution in [1.82, 2.24) is 9.55 Å². The monoisotopic (exact) mass is 306 g/mol. The Morgan fingerprint density at radius 2 is 2.05 bits per heavy atom. The Hall–Kier alpha value is -2.60. The molecule has 0 saturated heterocycles. The van der Waals surface area contributed by atoms with Crippen molar-refractivity contribution in [2.24, 2.45) is 0 Å². The smallest absolute Gasteiger partial charge is 0.337 e. The Balaban J connectivity index is 2.41. The molecule has 7 heteroatoms. The summed E-state index contributed by atoms with van der Waals surface area (Å²) in [6.45, 7) is 0. The second-order valence-electron chi connectivity index (χ2n) is 4.37. The molecule has 0 spiro atoms. The molecule has 1 heterocycles. The van der Waals surface area contributed by atoms with Gasteiger partial charge in [-0.05, 0) is 30.3 Å². The molecule has 21 heavy (non-hydrogen) atoms. The van der Waals surface area contributed by atoms with Crippen LogP contribution >= 0.6 is 11.6 Å². The maximum Gasteiger partial charge on any atom is 0.337 e. The number of rotatable bonds is 2. The molecule has 0 aliphatic rings. The molecule has 3 aromatic rings. The molecule has 0 fully saturated rings. The molecular formula is C14H8ClFN2O3. The van der Waals surface area contributed by atoms with Gasteiger partial charge in [0.05, 0.1) is 27.3 Å². The Kier molecular flexibility index (Phi) is 3.03. The van der Waals surface area contributed by atoms with Crippen molar-refractivity contribution >= 4 is 28.6 Å². The predicted molar refractivity (Wildman–Crippen MR) is 75.8 cm³/mol. The second kappa shape index (κ2) is 4.75. The molecule has 0 saturated carbocycles. The van der Waals surface area contributed by atoms with Crippen LogP contribution in [-0.2, 0) is 0 Å². The third-order valence-corrected chi connectivity index (χ3v) is 3.39. The number of nitrogens with zero attached hydrogens (tertiary/aromatic N) is 1. The predicted octanol–water partition coefficient (Wildman–Crippen LogP) is 2.81. The van der Waals surface area contributed by atoms with Crippen molar-refractivity contribution in [2.75, 3.05) is 0 Å². The summed E-state index contributed by atoms with van der Waals surface area (Å²) in [4.78, 5) is 26.0. The minimum Gasteiger partial charge on any atom is -0.478 e. The lowest BCUT2D eigenvalue weighted by Crippen LogP contribution is -2.15. The molecule has 0 unspecified atom stereocenters. The number of carbonyl (C=O) groups is 1. The number of imidazole rings is 1. The molecule has 3 rings (SSSR count). The molecule has 106 valence electrons. The zero-order valence-electron chi connectivity index (χ0n) is 10.4. The fraction of sp³-hybridized carbons (Fsp3) is 0. The highest BCUT2D eigenvalue weighted by atomic mass is 35.5. The zero-order valence-corrected chi connectivity index (χ0v) is 11.2. The SMILES string of the molecule is O=C(O)c1cccc2[nH]c(=O)n(-c3ccc(F)c(Cl)c3)c12. The van der Waals surface area contributed by atoms with E-state index in [4.69, 9.17) is 11.6 Å². The summed E-state index contributed by atoms with van der Waals surface area (Å²) >= 11 is 5.72. The Labute approximate surface area is 122 Å². The number of hydrogen-bond acceptors (Lipinski definition) is 2. The number of aromatic carboxylic acids is 1. The molecule has 0 radical (unpaired) electrons. The van der Waals surface area contributed by atoms with E-state index >= 15 is 0 Å². The highest BCUT2D eigenvalue weighted by Gasteiger charge is 2.17. The highest BCUT2D eigenvalue weighted by molar-refractivity contribution is 6.30. The minimum absolute atomic E-state index is 0.0358. The first kappa shape index (κ1) is 13.4. The fourth-order valence-corrected chi connectivity index (χ4v) is 2.38. The maximum atomic E-state index is 13.2. The summed E-state index contributed by atoms with van der Waals surface area (Å²) in [6.07, 6.45) is 0. The first-order chi connectivity index (χ1) is 9.99. The summed E-state index contributed by atoms with van der Waals surface area (Å²) in [5.41, 5.74) is 0.303. The lowest BCUT2D eigenvalue weighted by Gasteiger charge is -2.06. The van der Waals surface area contributed by atoms with Gasteiger partial charge < -0.3 is 10.1 Å². The number of carboxylic acid groups (broad SMARTS) is 1. The molecule has 0 bridgehead atoms. The van der Waals surface area contributed by atoms with E-state index < -0.39 is 17.5 Å². The van der Waals surface area contributed by atoms with Gasteiger partial charge in [-0.1, -0.05) is 17.7 Å². The van der Waals surface area contributed by atoms with Gasteiger partial charge in [-0.15, -0.1) is 0 Å². The molecule has 0 aliphatic heterocycles. The summed E-state index contributed by atoms with van der Waals surface area (Å²) in [5.74, 6) is -1.78. The van der Waals surface area contributed by atoms with E-state index in [0.29, 0.717) is 5.52 Å². The minimum atomic E-state index is -1.17. The average molecular weight is 307 g/mol. The molecular weight excluding hydrogens is 299 g/mol. The first-order valence-electron chi connectivity index (χ1n) is 5.91. The number of H-pyrrole nitrogens is 1. The summed E-state index contributed by atoms with van der Waals surface area (Å²) in [7, 11) is 0. The van der Waals surface area contributed by atoms with Gasteiger partial charge in [-0.2, -0.15) is 0 Å². The van der Waals surface area contributed by atoms with E-state index in [1.165, 1.54) is 24.3 Å². The highest BCUT2D eigenvalue weighted by Crippen LogP contribution is 2.23. The van der Waals surface area contributed by atoms with Crippen LogP contribution in [0.4, 0.5) is 4.39 Å². The Bertz CT molecular complexity index is 930. The van der Waals surface area contributed by atoms with Crippen molar-refractivity contribution in [1.29, 1.82) is 0 Å². The van der Waals surface area contributed by atoms with E-state index in [2.05, 4.69) is 4.98 Å². The topological polar surface area (TPSA) is 75.1 Å². The van der Waals surface area contributed by atoms with Crippen LogP contribution in [0.2, 0.25) is 5.02 Å². The van der Waals surface area contributed by atoms with Crippen LogP contribution in [0.15, 0.2) is 41.2 Å². The largest absolute Gasteiger partial charge is 0.478 e. The quantitative estimate of drug-likeness (QED) is 0.764. The number of aromatic amines is 1. The van der Waals surface area contributed by atoms with Crippen molar-refractivity contribution in [2.45, 2.75) is 0 Å². The van der Waals surface area contributed by atoms with E-state index in [1.54, 1.807) is 6.07 Å². The molecule has 1 aromatic heterocycles. The van der Waals surface area contributed by atoms with Gasteiger partial charge in [-0.25, -0.2) is 14.0 Å². The number of aromatic nitrogens is 2. The van der Waals surface area contributed by atoms with Crippen molar-refractivity contribution in [3.63, 3.8) is 0 Å². The summed E-state index contributed by atoms with van der Waals surface area (Å²) < 4.78 is 14.4. The third kappa shape index (κ3) is 2.09. The standard InChI is InChI=1S/C14H8ClFN2O3/c15-9-6-7(4-5-10(9)16)18-12-8(13(19)20)2-1-3-11(12)17-14(18)21/h1-6H,(H,17,21)(H,19,20). The lowest BCUT2D eigenvalue weighted by atomic mass is 10.2. The third-order valence-electron chi connectivity index (χ3n) is 3.10. The normalized spacial score (nSPS) is 11.0. The number of benzene rings is 2. The van der Waals surface area contributed by atoms with Crippen LogP contribution in [-0.4, -0.2) is 20.6 Å². The lowest BCUT2D eigenvalue weighted by molar-refractivity contribution is 0.0698. The van der Waals surface area contributed by atoms with E-state index in [0.717, 1.165) is 10.6 Å². The molecule has 5 nitrogen and oxygen atoms in total. The van der Waals surface area contributed by atoms with Crippen LogP contribution in [0, 0.1) is 5.82 Å². The van der Waals surface area contributed by atoms with E-state index in [1.807, 2.05) is 0 Å². The van der Waals surface area contributed by atoms with E-state index in [9.17, 15) is 19.1 Å². The number of halogens is 2. The fourth-order valence-electron chi connectivity index (χ4n) is 2.20. The Morgan fingerprint density at radius 3 is 2.71 bits per heavy atom. The van der Waals surface area contributed by atoms with E-state index in [-0.39, 0.29) is 21.8 Å². The average Bonchev–Trinajstić information content (AvgIpc) is 2.77. The van der Waals surface area contributed by atoms with Crippen LogP contribution < -0.4 is 5.69 Å². The molecule has 0 aliphatic carbocycles. The van der Waals surface area contributed by atoms with Gasteiger partial charge >= 0.3 is 11.7 Å². The zero-order chi connectivity index (χ0) is 15.1. The first-order valence-corrected chi connectivity index (χ1v) is 6.29. The molecule has 0 atom stereocenters. The van der Waals surface area contributed by atoms with Gasteiger partial charge in [0.15, 0.2) is 0 Å². The number of fused-ring (bicyclic) bond motifs is 1. The van der Waals surface area contributed by atoms with Crippen LogP contribution in [0.3, 0.4) is 0 Å². The van der Waals surface area contributed by atoms with Crippen molar-refractivity contribution in [3.8, 4) is 5.69 Å². The van der Waals surface area contributed by atoms with Gasteiger partial charge in [-0.3, -0.25) is 4.57 Å². The summed E-state index contributed by atoms with van der Waals surface area (Å²) in [5, 5.41) is 9.10. The number of hydrogen-bond donors (Lipinski definition) is 2. The van der Waals surface area contributed by atoms with Gasteiger partial charge in [0.1, 0.15) is 5.82 Å². The maximum absolute atomic E-state index is 13.2. The van der Waals surface area contributed by atoms with Crippen molar-refractivity contribution < 1.29 is 14.3 Å². The molecule has 2 aromatic carbocycles. The summed E-state index contributed by atoms with van der Waals surface area (Å²) in [6, 6.07) is 8.25. The second-order valence-corrected chi connectivity index (χ2v) is 4.78. The molecule has 2 N–H and O–H groups in total. The van der Waals surface area contributed by atoms with Gasteiger partial charge in [0.25, 0.3) is 0 Å². The van der Waals surface area contributed by atoms with Crippen molar-refractivity contribution in [3.05, 3.63) is 63.3 Å². The Morgan fingerprint density at radius 1 is 1.29 bits per heavy atom. The number of carboxylic acids is 1. The van der Waals surface area contributed by atoms with Gasteiger partial charge in [0.2, 0.25) is 0 Å². The van der Waals surface area contributed by atoms with Crippen LogP contribution in [0.1, 0.15) is 10.4 Å². The number of nitrogens with one attached hydrogen (secondary N) is 1. The molecule has 0 amide bonds. The number of para-hydroxylation sites is 1.